The van der Waals surface area contributed by atoms with Gasteiger partial charge in [0.25, 0.3) is 10.0 Å². The fourth-order valence-corrected chi connectivity index (χ4v) is 7.24. The van der Waals surface area contributed by atoms with Gasteiger partial charge in [-0.25, -0.2) is 17.4 Å². The van der Waals surface area contributed by atoms with Crippen molar-refractivity contribution >= 4 is 49.0 Å². The molecule has 1 saturated heterocycles. The summed E-state index contributed by atoms with van der Waals surface area (Å²) in [4.78, 5) is 7.42. The molecule has 206 valence electrons. The van der Waals surface area contributed by atoms with E-state index in [1.807, 2.05) is 42.5 Å². The summed E-state index contributed by atoms with van der Waals surface area (Å²) in [5.74, 6) is 1.22. The van der Waals surface area contributed by atoms with Gasteiger partial charge in [0, 0.05) is 48.2 Å². The summed E-state index contributed by atoms with van der Waals surface area (Å²) < 4.78 is 30.5. The van der Waals surface area contributed by atoms with E-state index in [1.165, 1.54) is 3.97 Å². The minimum Gasteiger partial charge on any atom is -0.370 e. The van der Waals surface area contributed by atoms with E-state index in [1.54, 1.807) is 47.2 Å². The molecule has 1 fully saturated rings. The summed E-state index contributed by atoms with van der Waals surface area (Å²) >= 11 is 10.1. The summed E-state index contributed by atoms with van der Waals surface area (Å²) in [6.07, 6.45) is 5.50. The van der Waals surface area contributed by atoms with Crippen molar-refractivity contribution in [1.82, 2.24) is 23.5 Å². The highest BCUT2D eigenvalue weighted by atomic mass is 79.9. The van der Waals surface area contributed by atoms with Gasteiger partial charge in [0.1, 0.15) is 5.82 Å². The van der Waals surface area contributed by atoms with Crippen molar-refractivity contribution in [2.75, 3.05) is 25.0 Å². The molecule has 6 rings (SSSR count). The molecular weight excluding hydrogens is 612 g/mol. The lowest BCUT2D eigenvalue weighted by Gasteiger charge is -2.33. The van der Waals surface area contributed by atoms with Crippen LogP contribution in [-0.2, 0) is 16.6 Å². The summed E-state index contributed by atoms with van der Waals surface area (Å²) in [6.45, 7) is 3.10. The third kappa shape index (κ3) is 5.41. The fourth-order valence-electron chi connectivity index (χ4n) is 5.27. The van der Waals surface area contributed by atoms with E-state index in [-0.39, 0.29) is 0 Å². The van der Waals surface area contributed by atoms with Crippen molar-refractivity contribution in [3.8, 4) is 11.3 Å². The molecule has 8 nitrogen and oxygen atoms in total. The van der Waals surface area contributed by atoms with Crippen LogP contribution < -0.4 is 5.32 Å². The number of anilines is 1. The Morgan fingerprint density at radius 3 is 2.67 bits per heavy atom. The smallest absolute Gasteiger partial charge is 0.267 e. The van der Waals surface area contributed by atoms with Crippen molar-refractivity contribution in [3.05, 3.63) is 100 Å². The average Bonchev–Trinajstić information content (AvgIpc) is 3.60. The van der Waals surface area contributed by atoms with Crippen LogP contribution in [0.15, 0.2) is 94.6 Å². The van der Waals surface area contributed by atoms with Gasteiger partial charge in [0.2, 0.25) is 0 Å². The highest BCUT2D eigenvalue weighted by Crippen LogP contribution is 2.31. The van der Waals surface area contributed by atoms with Gasteiger partial charge in [-0.3, -0.25) is 4.90 Å². The van der Waals surface area contributed by atoms with Crippen LogP contribution in [0.5, 0.6) is 0 Å². The SMILES string of the molecule is O=S(=O)(c1ccccc1)n1cccc1CN1CCCC(CNc2cc(-c3ccccc3Cl)nc3c(Br)cnn23)C1. The molecule has 11 heteroatoms. The van der Waals surface area contributed by atoms with Crippen molar-refractivity contribution < 1.29 is 8.42 Å². The number of hydrogen-bond donors (Lipinski definition) is 1. The van der Waals surface area contributed by atoms with Gasteiger partial charge in [0.15, 0.2) is 5.65 Å². The second-order valence-electron chi connectivity index (χ2n) is 9.97. The number of rotatable bonds is 8. The minimum atomic E-state index is -3.64. The number of hydrogen-bond acceptors (Lipinski definition) is 6. The van der Waals surface area contributed by atoms with Crippen LogP contribution in [0.2, 0.25) is 5.02 Å². The molecule has 1 unspecified atom stereocenters. The second kappa shape index (κ2) is 11.4. The lowest BCUT2D eigenvalue weighted by molar-refractivity contribution is 0.171. The first-order valence-electron chi connectivity index (χ1n) is 13.1. The number of nitrogens with zero attached hydrogens (tertiary/aromatic N) is 5. The zero-order valence-electron chi connectivity index (χ0n) is 21.6. The molecule has 1 atom stereocenters. The zero-order valence-corrected chi connectivity index (χ0v) is 24.8. The van der Waals surface area contributed by atoms with Gasteiger partial charge in [-0.15, -0.1) is 0 Å². The minimum absolute atomic E-state index is 0.290. The Bertz CT molecular complexity index is 1760. The molecule has 0 bridgehead atoms. The van der Waals surface area contributed by atoms with Gasteiger partial charge in [-0.1, -0.05) is 48.0 Å². The van der Waals surface area contributed by atoms with Crippen molar-refractivity contribution in [3.63, 3.8) is 0 Å². The molecular formula is C29H28BrClN6O2S. The number of fused-ring (bicyclic) bond motifs is 1. The number of halogens is 2. The van der Waals surface area contributed by atoms with E-state index in [0.29, 0.717) is 28.0 Å². The first-order chi connectivity index (χ1) is 19.4. The topological polar surface area (TPSA) is 84.5 Å². The maximum absolute atomic E-state index is 13.3. The highest BCUT2D eigenvalue weighted by molar-refractivity contribution is 9.10. The van der Waals surface area contributed by atoms with Gasteiger partial charge in [0.05, 0.1) is 21.3 Å². The predicted octanol–water partition coefficient (Wildman–Crippen LogP) is 6.17. The first kappa shape index (κ1) is 27.0. The van der Waals surface area contributed by atoms with Crippen LogP contribution >= 0.6 is 27.5 Å². The normalized spacial score (nSPS) is 16.4. The summed E-state index contributed by atoms with van der Waals surface area (Å²) in [7, 11) is -3.64. The van der Waals surface area contributed by atoms with Crippen molar-refractivity contribution in [2.24, 2.45) is 5.92 Å². The van der Waals surface area contributed by atoms with Gasteiger partial charge in [-0.05, 0) is 71.6 Å². The maximum atomic E-state index is 13.3. The Hall–Kier alpha value is -3.18. The third-order valence-corrected chi connectivity index (χ3v) is 9.86. The van der Waals surface area contributed by atoms with Gasteiger partial charge >= 0.3 is 0 Å². The molecule has 0 saturated carbocycles. The summed E-state index contributed by atoms with van der Waals surface area (Å²) in [5.41, 5.74) is 3.11. The van der Waals surface area contributed by atoms with Crippen LogP contribution in [-0.4, -0.2) is 51.5 Å². The van der Waals surface area contributed by atoms with E-state index < -0.39 is 10.0 Å². The molecule has 0 radical (unpaired) electrons. The van der Waals surface area contributed by atoms with Crippen molar-refractivity contribution in [1.29, 1.82) is 0 Å². The average molecular weight is 640 g/mol. The Morgan fingerprint density at radius 2 is 1.85 bits per heavy atom. The van der Waals surface area contributed by atoms with E-state index in [2.05, 4.69) is 31.2 Å². The highest BCUT2D eigenvalue weighted by Gasteiger charge is 2.24. The summed E-state index contributed by atoms with van der Waals surface area (Å²) in [6, 6.07) is 21.9. The van der Waals surface area contributed by atoms with Gasteiger partial charge < -0.3 is 5.32 Å². The van der Waals surface area contributed by atoms with E-state index in [9.17, 15) is 8.42 Å². The largest absolute Gasteiger partial charge is 0.370 e. The molecule has 0 spiro atoms. The van der Waals surface area contributed by atoms with E-state index in [0.717, 1.165) is 59.7 Å². The van der Waals surface area contributed by atoms with Crippen molar-refractivity contribution in [2.45, 2.75) is 24.3 Å². The number of piperidine rings is 1. The van der Waals surface area contributed by atoms with E-state index >= 15 is 0 Å². The molecule has 0 amide bonds. The van der Waals surface area contributed by atoms with Crippen LogP contribution in [0.25, 0.3) is 16.9 Å². The van der Waals surface area contributed by atoms with Crippen LogP contribution in [0.4, 0.5) is 5.82 Å². The second-order valence-corrected chi connectivity index (χ2v) is 13.0. The quantitative estimate of drug-likeness (QED) is 0.219. The van der Waals surface area contributed by atoms with E-state index in [4.69, 9.17) is 16.6 Å². The lowest BCUT2D eigenvalue weighted by Crippen LogP contribution is -2.38. The monoisotopic (exact) mass is 638 g/mol. The number of benzene rings is 2. The Kier molecular flexibility index (Phi) is 7.67. The van der Waals surface area contributed by atoms with Crippen LogP contribution in [0, 0.1) is 5.92 Å². The molecule has 5 aromatic rings. The Morgan fingerprint density at radius 1 is 1.05 bits per heavy atom. The van der Waals surface area contributed by atoms with Crippen LogP contribution in [0.1, 0.15) is 18.5 Å². The molecule has 2 aromatic carbocycles. The molecule has 1 aliphatic heterocycles. The molecule has 1 aliphatic rings. The third-order valence-electron chi connectivity index (χ3n) is 7.23. The van der Waals surface area contributed by atoms with Gasteiger partial charge in [-0.2, -0.15) is 9.61 Å². The Balaban J connectivity index is 1.18. The summed E-state index contributed by atoms with van der Waals surface area (Å²) in [5, 5.41) is 8.75. The molecule has 0 aliphatic carbocycles. The van der Waals surface area contributed by atoms with Crippen LogP contribution in [0.3, 0.4) is 0 Å². The number of nitrogens with one attached hydrogen (secondary N) is 1. The standard InChI is InChI=1S/C29H28BrClN6O2S/c30-25-18-33-37-28(16-27(34-29(25)37)24-12-4-5-13-26(24)31)32-17-21-8-6-14-35(19-21)20-22-9-7-15-36(22)40(38,39)23-10-2-1-3-11-23/h1-5,7,9-13,15-16,18,21,32H,6,8,14,17,19-20H2. The number of likely N-dealkylation sites (tertiary alicyclic amines) is 1. The molecule has 4 heterocycles. The molecule has 1 N–H and O–H groups in total. The lowest BCUT2D eigenvalue weighted by atomic mass is 9.98. The maximum Gasteiger partial charge on any atom is 0.267 e. The zero-order chi connectivity index (χ0) is 27.7. The Labute approximate surface area is 246 Å². The number of aromatic nitrogens is 4. The first-order valence-corrected chi connectivity index (χ1v) is 15.7. The fraction of sp³-hybridized carbons (Fsp3) is 0.241. The predicted molar refractivity (Wildman–Crippen MR) is 161 cm³/mol. The molecule has 40 heavy (non-hydrogen) atoms. The molecule has 3 aromatic heterocycles.